The van der Waals surface area contributed by atoms with Gasteiger partial charge in [0.1, 0.15) is 17.3 Å². The number of thioether (sulfide) groups is 1. The molecule has 0 saturated heterocycles. The number of benzene rings is 2. The highest BCUT2D eigenvalue weighted by molar-refractivity contribution is 7.99. The zero-order chi connectivity index (χ0) is 16.9. The molecule has 0 aliphatic rings. The Kier molecular flexibility index (Phi) is 4.88. The Morgan fingerprint density at radius 2 is 1.96 bits per heavy atom. The summed E-state index contributed by atoms with van der Waals surface area (Å²) in [7, 11) is 0. The average molecular weight is 336 g/mol. The van der Waals surface area contributed by atoms with Crippen LogP contribution in [-0.4, -0.2) is 11.7 Å². The number of anilines is 1. The third-order valence-corrected chi connectivity index (χ3v) is 4.69. The summed E-state index contributed by atoms with van der Waals surface area (Å²) in [5.41, 5.74) is 3.49. The molecule has 3 aromatic rings. The number of carbonyl (C=O) groups excluding carboxylic acids is 1. The number of nitrogens with zero attached hydrogens (tertiary/aromatic N) is 1. The fourth-order valence-electron chi connectivity index (χ4n) is 2.45. The SMILES string of the molecule is Cc1ccccc1CSCC(=O)Nc1c(C#N)oc2ccccc12. The van der Waals surface area contributed by atoms with Gasteiger partial charge in [0.05, 0.1) is 5.75 Å². The Bertz CT molecular complexity index is 925. The van der Waals surface area contributed by atoms with Gasteiger partial charge in [-0.3, -0.25) is 4.79 Å². The van der Waals surface area contributed by atoms with Crippen molar-refractivity contribution in [2.24, 2.45) is 0 Å². The predicted molar refractivity (Wildman–Crippen MR) is 96.9 cm³/mol. The molecule has 0 spiro atoms. The lowest BCUT2D eigenvalue weighted by molar-refractivity contribution is -0.113. The van der Waals surface area contributed by atoms with E-state index in [0.29, 0.717) is 17.0 Å². The third kappa shape index (κ3) is 3.44. The van der Waals surface area contributed by atoms with Crippen molar-refractivity contribution in [3.05, 3.63) is 65.4 Å². The highest BCUT2D eigenvalue weighted by Gasteiger charge is 2.16. The molecule has 0 aliphatic carbocycles. The molecule has 0 saturated carbocycles. The lowest BCUT2D eigenvalue weighted by Gasteiger charge is -2.06. The van der Waals surface area contributed by atoms with E-state index in [2.05, 4.69) is 24.4 Å². The van der Waals surface area contributed by atoms with Crippen molar-refractivity contribution in [2.75, 3.05) is 11.1 Å². The van der Waals surface area contributed by atoms with Gasteiger partial charge in [-0.2, -0.15) is 5.26 Å². The summed E-state index contributed by atoms with van der Waals surface area (Å²) in [5, 5.41) is 12.7. The lowest BCUT2D eigenvalue weighted by Crippen LogP contribution is -2.14. The maximum atomic E-state index is 12.2. The molecule has 1 amide bonds. The minimum absolute atomic E-state index is 0.133. The van der Waals surface area contributed by atoms with E-state index in [1.807, 2.05) is 36.4 Å². The third-order valence-electron chi connectivity index (χ3n) is 3.71. The number of hydrogen-bond acceptors (Lipinski definition) is 4. The number of nitriles is 1. The molecule has 5 heteroatoms. The quantitative estimate of drug-likeness (QED) is 0.746. The van der Waals surface area contributed by atoms with Gasteiger partial charge >= 0.3 is 0 Å². The van der Waals surface area contributed by atoms with Crippen LogP contribution in [0.5, 0.6) is 0 Å². The molecule has 0 unspecified atom stereocenters. The van der Waals surface area contributed by atoms with Gasteiger partial charge in [-0.05, 0) is 30.2 Å². The molecule has 3 rings (SSSR count). The van der Waals surface area contributed by atoms with E-state index in [0.717, 1.165) is 11.1 Å². The molecular formula is C19H16N2O2S. The van der Waals surface area contributed by atoms with Crippen LogP contribution < -0.4 is 5.32 Å². The molecular weight excluding hydrogens is 320 g/mol. The smallest absolute Gasteiger partial charge is 0.234 e. The molecule has 4 nitrogen and oxygen atoms in total. The Morgan fingerprint density at radius 3 is 2.75 bits per heavy atom. The van der Waals surface area contributed by atoms with Gasteiger partial charge in [-0.1, -0.05) is 36.4 Å². The van der Waals surface area contributed by atoms with Crippen LogP contribution in [0.1, 0.15) is 16.9 Å². The van der Waals surface area contributed by atoms with Crippen LogP contribution in [0.4, 0.5) is 5.69 Å². The summed E-state index contributed by atoms with van der Waals surface area (Å²) in [6.07, 6.45) is 0. The van der Waals surface area contributed by atoms with Crippen LogP contribution in [0.25, 0.3) is 11.0 Å². The molecule has 0 fully saturated rings. The molecule has 1 N–H and O–H groups in total. The van der Waals surface area contributed by atoms with Crippen molar-refractivity contribution >= 4 is 34.3 Å². The maximum absolute atomic E-state index is 12.2. The summed E-state index contributed by atoms with van der Waals surface area (Å²) in [6, 6.07) is 17.4. The minimum Gasteiger partial charge on any atom is -0.443 e. The first kappa shape index (κ1) is 16.2. The van der Waals surface area contributed by atoms with Gasteiger partial charge in [0, 0.05) is 11.1 Å². The summed E-state index contributed by atoms with van der Waals surface area (Å²) < 4.78 is 5.46. The zero-order valence-electron chi connectivity index (χ0n) is 13.2. The largest absolute Gasteiger partial charge is 0.443 e. The second kappa shape index (κ2) is 7.24. The molecule has 1 aromatic heterocycles. The predicted octanol–water partition coefficient (Wildman–Crippen LogP) is 4.48. The summed E-state index contributed by atoms with van der Waals surface area (Å²) in [5.74, 6) is 1.08. The normalized spacial score (nSPS) is 10.5. The summed E-state index contributed by atoms with van der Waals surface area (Å²) in [4.78, 5) is 12.2. The number of fused-ring (bicyclic) bond motifs is 1. The first-order chi connectivity index (χ1) is 11.7. The number of furan rings is 1. The topological polar surface area (TPSA) is 66.0 Å². The number of para-hydroxylation sites is 1. The highest BCUT2D eigenvalue weighted by atomic mass is 32.2. The highest BCUT2D eigenvalue weighted by Crippen LogP contribution is 2.30. The number of nitrogens with one attached hydrogen (secondary N) is 1. The van der Waals surface area contributed by atoms with Crippen LogP contribution in [0.2, 0.25) is 0 Å². The van der Waals surface area contributed by atoms with Gasteiger partial charge in [0.15, 0.2) is 0 Å². The molecule has 0 atom stereocenters. The van der Waals surface area contributed by atoms with Crippen LogP contribution in [0, 0.1) is 18.3 Å². The first-order valence-electron chi connectivity index (χ1n) is 7.53. The molecule has 24 heavy (non-hydrogen) atoms. The fourth-order valence-corrected chi connectivity index (χ4v) is 3.35. The van der Waals surface area contributed by atoms with E-state index in [1.165, 1.54) is 11.1 Å². The first-order valence-corrected chi connectivity index (χ1v) is 8.68. The van der Waals surface area contributed by atoms with E-state index in [4.69, 9.17) is 4.42 Å². The van der Waals surface area contributed by atoms with E-state index in [1.54, 1.807) is 17.8 Å². The zero-order valence-corrected chi connectivity index (χ0v) is 14.0. The van der Waals surface area contributed by atoms with E-state index >= 15 is 0 Å². The van der Waals surface area contributed by atoms with E-state index in [-0.39, 0.29) is 11.7 Å². The van der Waals surface area contributed by atoms with Crippen LogP contribution in [0.15, 0.2) is 52.9 Å². The summed E-state index contributed by atoms with van der Waals surface area (Å²) >= 11 is 1.54. The van der Waals surface area contributed by atoms with Crippen LogP contribution >= 0.6 is 11.8 Å². The van der Waals surface area contributed by atoms with Crippen molar-refractivity contribution in [2.45, 2.75) is 12.7 Å². The van der Waals surface area contributed by atoms with E-state index in [9.17, 15) is 10.1 Å². The van der Waals surface area contributed by atoms with Gasteiger partial charge in [0.2, 0.25) is 11.7 Å². The van der Waals surface area contributed by atoms with Crippen molar-refractivity contribution in [1.82, 2.24) is 0 Å². The number of carbonyl (C=O) groups is 1. The minimum atomic E-state index is -0.142. The Hall–Kier alpha value is -2.71. The average Bonchev–Trinajstić information content (AvgIpc) is 2.94. The fraction of sp³-hybridized carbons (Fsp3) is 0.158. The second-order valence-electron chi connectivity index (χ2n) is 5.38. The Morgan fingerprint density at radius 1 is 1.21 bits per heavy atom. The molecule has 0 bridgehead atoms. The van der Waals surface area contributed by atoms with Crippen molar-refractivity contribution < 1.29 is 9.21 Å². The van der Waals surface area contributed by atoms with Crippen LogP contribution in [0.3, 0.4) is 0 Å². The second-order valence-corrected chi connectivity index (χ2v) is 6.37. The Balaban J connectivity index is 1.65. The van der Waals surface area contributed by atoms with Gasteiger partial charge in [-0.15, -0.1) is 11.8 Å². The number of rotatable bonds is 5. The molecule has 0 radical (unpaired) electrons. The van der Waals surface area contributed by atoms with Crippen LogP contribution in [-0.2, 0) is 10.5 Å². The van der Waals surface area contributed by atoms with Crippen molar-refractivity contribution in [1.29, 1.82) is 5.26 Å². The number of hydrogen-bond donors (Lipinski definition) is 1. The van der Waals surface area contributed by atoms with Gasteiger partial charge in [0.25, 0.3) is 0 Å². The Labute approximate surface area is 144 Å². The summed E-state index contributed by atoms with van der Waals surface area (Å²) in [6.45, 7) is 2.06. The van der Waals surface area contributed by atoms with Gasteiger partial charge < -0.3 is 9.73 Å². The van der Waals surface area contributed by atoms with Crippen molar-refractivity contribution in [3.63, 3.8) is 0 Å². The van der Waals surface area contributed by atoms with Crippen molar-refractivity contribution in [3.8, 4) is 6.07 Å². The molecule has 120 valence electrons. The lowest BCUT2D eigenvalue weighted by atomic mass is 10.1. The molecule has 0 aliphatic heterocycles. The monoisotopic (exact) mass is 336 g/mol. The maximum Gasteiger partial charge on any atom is 0.234 e. The number of aryl methyl sites for hydroxylation is 1. The van der Waals surface area contributed by atoms with E-state index < -0.39 is 0 Å². The molecule has 1 heterocycles. The standard InChI is InChI=1S/C19H16N2O2S/c1-13-6-2-3-7-14(13)11-24-12-18(22)21-19-15-8-4-5-9-16(15)23-17(19)10-20/h2-9H,11-12H2,1H3,(H,21,22). The molecule has 2 aromatic carbocycles. The number of amides is 1. The van der Waals surface area contributed by atoms with Gasteiger partial charge in [-0.25, -0.2) is 0 Å².